The first kappa shape index (κ1) is 45.6. The molecule has 70 heavy (non-hydrogen) atoms. The van der Waals surface area contributed by atoms with Gasteiger partial charge in [-0.05, 0) is 117 Å². The van der Waals surface area contributed by atoms with Crippen molar-refractivity contribution in [2.45, 2.75) is 104 Å². The summed E-state index contributed by atoms with van der Waals surface area (Å²) in [6, 6.07) is 16.1. The van der Waals surface area contributed by atoms with Gasteiger partial charge in [0.15, 0.2) is 0 Å². The lowest BCUT2D eigenvalue weighted by atomic mass is 9.90. The van der Waals surface area contributed by atoms with E-state index in [9.17, 15) is 24.3 Å². The number of carbonyl (C=O) groups excluding carboxylic acids is 4. The van der Waals surface area contributed by atoms with E-state index < -0.39 is 18.1 Å². The number of benzene rings is 1. The summed E-state index contributed by atoms with van der Waals surface area (Å²) in [4.78, 5) is 76.6. The number of piperidine rings is 2. The molecule has 17 nitrogen and oxygen atoms in total. The van der Waals surface area contributed by atoms with Crippen LogP contribution in [0.15, 0.2) is 67.1 Å². The van der Waals surface area contributed by atoms with Crippen LogP contribution in [0.3, 0.4) is 0 Å². The first-order chi connectivity index (χ1) is 33.7. The molecule has 4 amide bonds. The summed E-state index contributed by atoms with van der Waals surface area (Å²) in [5.74, 6) is 0.538. The molecule has 3 atom stereocenters. The number of aliphatic hydroxyl groups is 1. The summed E-state index contributed by atoms with van der Waals surface area (Å²) in [6.45, 7) is 14.6. The van der Waals surface area contributed by atoms with E-state index in [1.165, 1.54) is 11.3 Å². The molecule has 0 bridgehead atoms. The maximum Gasteiger partial charge on any atom is 0.276 e. The number of anilines is 5. The highest BCUT2D eigenvalue weighted by molar-refractivity contribution is 6.07. The largest absolute Gasteiger partial charge is 0.480 e. The minimum atomic E-state index is -0.920. The zero-order valence-electron chi connectivity index (χ0n) is 40.6. The normalized spacial score (nSPS) is 22.0. The molecule has 1 aliphatic carbocycles. The molecular formula is C53H61N11O6. The molecule has 9 heterocycles. The molecule has 1 aromatic carbocycles. The standard InChI is InChI=1S/C53H61N11O6/c1-31-29-60(36-13-16-59(17-14-36)37-6-8-40-35(22-37)30-64(51(40)68)42-9-11-46(66)58-49(42)67)18-19-61(31)38-7-10-45(55-28-38)57-41-23-34(27-56-50(41)70-5)39-12-15-54-48(47(39)32(2)65)63-21-20-62-43(52(63)69)24-33-25-53(3,4)26-44(33)62/h6-8,10,12,15,22-24,27-28,31-32,36,42,65H,9,11,13-14,16-21,25-26,29-30H2,1-5H3,(H,55,57)(H,58,66,67)/t31-,32-,42-/m0/s1. The second kappa shape index (κ2) is 17.8. The number of pyridine rings is 3. The summed E-state index contributed by atoms with van der Waals surface area (Å²) in [6.07, 6.45) is 8.98. The van der Waals surface area contributed by atoms with Crippen LogP contribution in [-0.4, -0.2) is 123 Å². The monoisotopic (exact) mass is 947 g/mol. The number of nitrogens with zero attached hydrogens (tertiary/aromatic N) is 9. The number of methoxy groups -OCH3 is 1. The highest BCUT2D eigenvalue weighted by Gasteiger charge is 2.41. The number of nitrogens with one attached hydrogen (secondary N) is 2. The number of hydrogen-bond acceptors (Lipinski definition) is 13. The second-order valence-electron chi connectivity index (χ2n) is 20.7. The summed E-state index contributed by atoms with van der Waals surface area (Å²) in [5.41, 5.74) is 9.71. The number of amides is 4. The van der Waals surface area contributed by atoms with Crippen molar-refractivity contribution >= 4 is 52.3 Å². The Hall–Kier alpha value is -6.85. The first-order valence-electron chi connectivity index (χ1n) is 24.7. The predicted molar refractivity (Wildman–Crippen MR) is 266 cm³/mol. The maximum absolute atomic E-state index is 14.1. The molecule has 0 radical (unpaired) electrons. The van der Waals surface area contributed by atoms with E-state index in [4.69, 9.17) is 14.7 Å². The van der Waals surface area contributed by atoms with Gasteiger partial charge < -0.3 is 34.4 Å². The number of piperazine rings is 1. The third kappa shape index (κ3) is 8.21. The Morgan fingerprint density at radius 1 is 0.829 bits per heavy atom. The van der Waals surface area contributed by atoms with Crippen molar-refractivity contribution < 1.29 is 29.0 Å². The maximum atomic E-state index is 14.1. The molecule has 364 valence electrons. The Kier molecular flexibility index (Phi) is 11.6. The van der Waals surface area contributed by atoms with Crippen LogP contribution in [0.5, 0.6) is 5.88 Å². The molecule has 0 spiro atoms. The molecule has 5 aromatic rings. The number of carbonyl (C=O) groups is 4. The first-order valence-corrected chi connectivity index (χ1v) is 24.7. The molecule has 0 unspecified atom stereocenters. The Labute approximate surface area is 407 Å². The molecular weight excluding hydrogens is 887 g/mol. The van der Waals surface area contributed by atoms with Crippen LogP contribution in [0.2, 0.25) is 0 Å². The number of aromatic nitrogens is 4. The highest BCUT2D eigenvalue weighted by Crippen LogP contribution is 2.42. The average Bonchev–Trinajstić information content (AvgIpc) is 3.97. The number of hydrogen-bond donors (Lipinski definition) is 3. The minimum Gasteiger partial charge on any atom is -0.480 e. The van der Waals surface area contributed by atoms with E-state index in [1.807, 2.05) is 36.5 Å². The molecule has 4 aromatic heterocycles. The molecule has 0 saturated carbocycles. The lowest BCUT2D eigenvalue weighted by Crippen LogP contribution is -2.57. The van der Waals surface area contributed by atoms with Gasteiger partial charge in [0.1, 0.15) is 29.1 Å². The Balaban J connectivity index is 0.720. The fourth-order valence-electron chi connectivity index (χ4n) is 12.0. The van der Waals surface area contributed by atoms with Crippen molar-refractivity contribution in [3.63, 3.8) is 0 Å². The van der Waals surface area contributed by atoms with Gasteiger partial charge in [0, 0.05) is 111 Å². The van der Waals surface area contributed by atoms with Gasteiger partial charge in [0.05, 0.1) is 25.1 Å². The molecule has 17 heteroatoms. The van der Waals surface area contributed by atoms with Crippen molar-refractivity contribution in [2.24, 2.45) is 5.41 Å². The second-order valence-corrected chi connectivity index (χ2v) is 20.7. The van der Waals surface area contributed by atoms with Crippen molar-refractivity contribution in [3.05, 3.63) is 101 Å². The van der Waals surface area contributed by atoms with Gasteiger partial charge in [-0.2, -0.15) is 0 Å². The lowest BCUT2D eigenvalue weighted by molar-refractivity contribution is -0.136. The number of aliphatic hydroxyl groups excluding tert-OH is 1. The molecule has 3 N–H and O–H groups in total. The summed E-state index contributed by atoms with van der Waals surface area (Å²) < 4.78 is 7.88. The Morgan fingerprint density at radius 3 is 2.39 bits per heavy atom. The fraction of sp³-hybridized carbons (Fsp3) is 0.453. The van der Waals surface area contributed by atoms with E-state index in [0.29, 0.717) is 72.1 Å². The predicted octanol–water partition coefficient (Wildman–Crippen LogP) is 5.87. The molecule has 5 aliphatic heterocycles. The SMILES string of the molecule is COc1ncc(-c2ccnc(N3CCn4c(cc5c4CC(C)(C)C5)C3=O)c2[C@H](C)O)cc1Nc1ccc(N2CCN(C3CCN(c4ccc5c(c4)CN([C@H]4CCC(=O)NC4=O)C5=O)CC3)C[C@@H]2C)cn1. The molecule has 3 fully saturated rings. The van der Waals surface area contributed by atoms with Crippen LogP contribution in [0, 0.1) is 5.41 Å². The van der Waals surface area contributed by atoms with Gasteiger partial charge in [0.2, 0.25) is 17.7 Å². The number of rotatable bonds is 10. The van der Waals surface area contributed by atoms with Crippen LogP contribution in [0.25, 0.3) is 11.1 Å². The lowest BCUT2D eigenvalue weighted by Gasteiger charge is -2.46. The quantitative estimate of drug-likeness (QED) is 0.142. The van der Waals surface area contributed by atoms with Crippen molar-refractivity contribution in [1.82, 2.24) is 34.6 Å². The van der Waals surface area contributed by atoms with Gasteiger partial charge in [-0.25, -0.2) is 15.0 Å². The van der Waals surface area contributed by atoms with Gasteiger partial charge in [-0.15, -0.1) is 0 Å². The third-order valence-electron chi connectivity index (χ3n) is 15.5. The summed E-state index contributed by atoms with van der Waals surface area (Å²) >= 11 is 0. The fourth-order valence-corrected chi connectivity index (χ4v) is 12.0. The van der Waals surface area contributed by atoms with Crippen LogP contribution in [-0.2, 0) is 35.5 Å². The van der Waals surface area contributed by atoms with Crippen LogP contribution in [0.4, 0.5) is 28.7 Å². The van der Waals surface area contributed by atoms with Crippen LogP contribution in [0.1, 0.15) is 103 Å². The van der Waals surface area contributed by atoms with Gasteiger partial charge in [-0.3, -0.25) is 34.3 Å². The molecule has 11 rings (SSSR count). The van der Waals surface area contributed by atoms with Crippen molar-refractivity contribution in [1.29, 1.82) is 0 Å². The smallest absolute Gasteiger partial charge is 0.276 e. The zero-order chi connectivity index (χ0) is 48.6. The van der Waals surface area contributed by atoms with E-state index in [0.717, 1.165) is 86.5 Å². The van der Waals surface area contributed by atoms with Crippen molar-refractivity contribution in [3.8, 4) is 17.0 Å². The van der Waals surface area contributed by atoms with Gasteiger partial charge in [-0.1, -0.05) is 13.8 Å². The third-order valence-corrected chi connectivity index (χ3v) is 15.5. The molecule has 3 saturated heterocycles. The van der Waals surface area contributed by atoms with E-state index in [2.05, 4.69) is 73.9 Å². The topological polar surface area (TPSA) is 182 Å². The number of fused-ring (bicyclic) bond motifs is 4. The zero-order valence-corrected chi connectivity index (χ0v) is 40.6. The van der Waals surface area contributed by atoms with Crippen molar-refractivity contribution in [2.75, 3.05) is 66.4 Å². The summed E-state index contributed by atoms with van der Waals surface area (Å²) in [5, 5.41) is 17.1. The minimum absolute atomic E-state index is 0.110. The highest BCUT2D eigenvalue weighted by atomic mass is 16.5. The van der Waals surface area contributed by atoms with E-state index in [-0.39, 0.29) is 35.6 Å². The summed E-state index contributed by atoms with van der Waals surface area (Å²) in [7, 11) is 1.58. The average molecular weight is 948 g/mol. The van der Waals surface area contributed by atoms with Crippen LogP contribution >= 0.6 is 0 Å². The van der Waals surface area contributed by atoms with Gasteiger partial charge >= 0.3 is 0 Å². The number of imide groups is 1. The van der Waals surface area contributed by atoms with E-state index in [1.54, 1.807) is 36.2 Å². The number of ether oxygens (including phenoxy) is 1. The molecule has 6 aliphatic rings. The van der Waals surface area contributed by atoms with E-state index >= 15 is 0 Å². The Morgan fingerprint density at radius 2 is 1.64 bits per heavy atom. The Bertz CT molecular complexity index is 2910. The van der Waals surface area contributed by atoms with Gasteiger partial charge in [0.25, 0.3) is 11.8 Å². The van der Waals surface area contributed by atoms with Crippen LogP contribution < -0.4 is 30.1 Å².